The third-order valence-electron chi connectivity index (χ3n) is 4.39. The summed E-state index contributed by atoms with van der Waals surface area (Å²) in [6.07, 6.45) is 8.21. The zero-order chi connectivity index (χ0) is 14.5. The summed E-state index contributed by atoms with van der Waals surface area (Å²) in [5, 5.41) is 0. The highest BCUT2D eigenvalue weighted by Crippen LogP contribution is 2.38. The quantitative estimate of drug-likeness (QED) is 0.610. The molecule has 20 heavy (non-hydrogen) atoms. The van der Waals surface area contributed by atoms with E-state index in [1.165, 1.54) is 12.1 Å². The summed E-state index contributed by atoms with van der Waals surface area (Å²) in [7, 11) is 0. The largest absolute Gasteiger partial charge is 0.246 e. The molecule has 0 saturated heterocycles. The molecule has 3 heteroatoms. The fourth-order valence-corrected chi connectivity index (χ4v) is 3.12. The molecule has 0 nitrogen and oxygen atoms in total. The number of halogens is 3. The van der Waals surface area contributed by atoms with Crippen molar-refractivity contribution in [3.63, 3.8) is 0 Å². The van der Waals surface area contributed by atoms with Gasteiger partial charge in [-0.15, -0.1) is 6.58 Å². The molecule has 1 fully saturated rings. The van der Waals surface area contributed by atoms with Crippen molar-refractivity contribution >= 4 is 0 Å². The Bertz CT molecular complexity index is 436. The van der Waals surface area contributed by atoms with Crippen molar-refractivity contribution in [1.82, 2.24) is 0 Å². The zero-order valence-electron chi connectivity index (χ0n) is 11.7. The first-order valence-electron chi connectivity index (χ1n) is 7.30. The van der Waals surface area contributed by atoms with Gasteiger partial charge in [-0.25, -0.2) is 13.2 Å². The maximum Gasteiger partial charge on any atom is 0.132 e. The molecular weight excluding hydrogens is 261 g/mol. The lowest BCUT2D eigenvalue weighted by Crippen LogP contribution is -2.14. The number of hydrogen-bond donors (Lipinski definition) is 0. The standard InChI is InChI=1S/C17H21F3/c1-2-3-4-12-5-7-13(8-6-12)14-9-16(19)15(11-18)17(20)10-14/h2,9-10,12-13H,1,3-8,11H2. The molecule has 0 bridgehead atoms. The molecular formula is C17H21F3. The number of alkyl halides is 1. The van der Waals surface area contributed by atoms with Gasteiger partial charge in [0.05, 0.1) is 5.56 Å². The highest BCUT2D eigenvalue weighted by atomic mass is 19.1. The first-order valence-corrected chi connectivity index (χ1v) is 7.30. The Morgan fingerprint density at radius 2 is 1.70 bits per heavy atom. The Morgan fingerprint density at radius 3 is 2.20 bits per heavy atom. The third-order valence-corrected chi connectivity index (χ3v) is 4.39. The minimum Gasteiger partial charge on any atom is -0.246 e. The molecule has 1 saturated carbocycles. The average Bonchev–Trinajstić information content (AvgIpc) is 2.45. The van der Waals surface area contributed by atoms with Crippen LogP contribution in [0.4, 0.5) is 13.2 Å². The van der Waals surface area contributed by atoms with Crippen molar-refractivity contribution in [3.8, 4) is 0 Å². The first-order chi connectivity index (χ1) is 9.65. The molecule has 0 heterocycles. The van der Waals surface area contributed by atoms with Gasteiger partial charge in [-0.1, -0.05) is 6.08 Å². The van der Waals surface area contributed by atoms with Gasteiger partial charge in [-0.05, 0) is 68.1 Å². The van der Waals surface area contributed by atoms with Crippen molar-refractivity contribution < 1.29 is 13.2 Å². The van der Waals surface area contributed by atoms with Crippen molar-refractivity contribution in [2.45, 2.75) is 51.1 Å². The highest BCUT2D eigenvalue weighted by Gasteiger charge is 2.23. The summed E-state index contributed by atoms with van der Waals surface area (Å²) in [6.45, 7) is 2.64. The molecule has 0 unspecified atom stereocenters. The molecule has 0 radical (unpaired) electrons. The summed E-state index contributed by atoms with van der Waals surface area (Å²) in [4.78, 5) is 0. The molecule has 0 atom stereocenters. The van der Waals surface area contributed by atoms with Gasteiger partial charge in [-0.2, -0.15) is 0 Å². The Hall–Kier alpha value is -1.25. The lowest BCUT2D eigenvalue weighted by Gasteiger charge is -2.28. The second kappa shape index (κ2) is 6.96. The van der Waals surface area contributed by atoms with Gasteiger partial charge >= 0.3 is 0 Å². The van der Waals surface area contributed by atoms with Crippen molar-refractivity contribution in [3.05, 3.63) is 47.5 Å². The van der Waals surface area contributed by atoms with E-state index >= 15 is 0 Å². The maximum absolute atomic E-state index is 13.6. The van der Waals surface area contributed by atoms with Crippen LogP contribution in [0.3, 0.4) is 0 Å². The van der Waals surface area contributed by atoms with Gasteiger partial charge in [0, 0.05) is 0 Å². The third kappa shape index (κ3) is 3.44. The van der Waals surface area contributed by atoms with Gasteiger partial charge in [0.1, 0.15) is 18.3 Å². The second-order valence-corrected chi connectivity index (χ2v) is 5.68. The number of hydrogen-bond acceptors (Lipinski definition) is 0. The summed E-state index contributed by atoms with van der Waals surface area (Å²) < 4.78 is 39.7. The normalized spacial score (nSPS) is 22.8. The van der Waals surface area contributed by atoms with Crippen LogP contribution in [0.5, 0.6) is 0 Å². The van der Waals surface area contributed by atoms with Crippen LogP contribution in [0.2, 0.25) is 0 Å². The van der Waals surface area contributed by atoms with E-state index in [1.807, 2.05) is 6.08 Å². The van der Waals surface area contributed by atoms with E-state index in [2.05, 4.69) is 6.58 Å². The molecule has 0 spiro atoms. The predicted octanol–water partition coefficient (Wildman–Crippen LogP) is 5.67. The Morgan fingerprint density at radius 1 is 1.10 bits per heavy atom. The van der Waals surface area contributed by atoms with Crippen LogP contribution in [0.25, 0.3) is 0 Å². The van der Waals surface area contributed by atoms with E-state index in [1.54, 1.807) is 0 Å². The van der Waals surface area contributed by atoms with Crippen LogP contribution in [-0.4, -0.2) is 0 Å². The molecule has 1 aliphatic carbocycles. The van der Waals surface area contributed by atoms with E-state index in [0.717, 1.165) is 38.5 Å². The van der Waals surface area contributed by atoms with Crippen molar-refractivity contribution in [1.29, 1.82) is 0 Å². The number of allylic oxidation sites excluding steroid dienone is 1. The molecule has 0 aromatic heterocycles. The van der Waals surface area contributed by atoms with Gasteiger partial charge in [0.2, 0.25) is 0 Å². The minimum atomic E-state index is -1.09. The second-order valence-electron chi connectivity index (χ2n) is 5.68. The SMILES string of the molecule is C=CCCC1CCC(c2cc(F)c(CF)c(F)c2)CC1. The Balaban J connectivity index is 2.02. The summed E-state index contributed by atoms with van der Waals surface area (Å²) >= 11 is 0. The van der Waals surface area contributed by atoms with Crippen LogP contribution < -0.4 is 0 Å². The lowest BCUT2D eigenvalue weighted by atomic mass is 9.77. The topological polar surface area (TPSA) is 0 Å². The fourth-order valence-electron chi connectivity index (χ4n) is 3.12. The summed E-state index contributed by atoms with van der Waals surface area (Å²) in [5.41, 5.74) is 0.229. The maximum atomic E-state index is 13.6. The summed E-state index contributed by atoms with van der Waals surface area (Å²) in [6, 6.07) is 2.62. The van der Waals surface area contributed by atoms with Crippen molar-refractivity contribution in [2.24, 2.45) is 5.92 Å². The van der Waals surface area contributed by atoms with Crippen LogP contribution in [0.15, 0.2) is 24.8 Å². The van der Waals surface area contributed by atoms with Gasteiger partial charge < -0.3 is 0 Å². The molecule has 110 valence electrons. The monoisotopic (exact) mass is 282 g/mol. The van der Waals surface area contributed by atoms with Crippen LogP contribution in [-0.2, 0) is 6.67 Å². The molecule has 0 N–H and O–H groups in total. The Kier molecular flexibility index (Phi) is 5.27. The lowest BCUT2D eigenvalue weighted by molar-refractivity contribution is 0.310. The molecule has 2 rings (SSSR count). The van der Waals surface area contributed by atoms with Crippen LogP contribution in [0, 0.1) is 17.6 Å². The molecule has 1 aliphatic rings. The van der Waals surface area contributed by atoms with E-state index < -0.39 is 23.9 Å². The van der Waals surface area contributed by atoms with E-state index in [-0.39, 0.29) is 5.92 Å². The van der Waals surface area contributed by atoms with Crippen LogP contribution in [0.1, 0.15) is 55.6 Å². The predicted molar refractivity (Wildman–Crippen MR) is 75.3 cm³/mol. The highest BCUT2D eigenvalue weighted by molar-refractivity contribution is 5.28. The number of rotatable bonds is 5. The summed E-state index contributed by atoms with van der Waals surface area (Å²) in [5.74, 6) is -0.607. The first kappa shape index (κ1) is 15.1. The van der Waals surface area contributed by atoms with Gasteiger partial charge in [0.15, 0.2) is 0 Å². The van der Waals surface area contributed by atoms with E-state index in [0.29, 0.717) is 11.5 Å². The fraction of sp³-hybridized carbons (Fsp3) is 0.529. The molecule has 1 aromatic rings. The molecule has 1 aromatic carbocycles. The smallest absolute Gasteiger partial charge is 0.132 e. The number of benzene rings is 1. The van der Waals surface area contributed by atoms with Gasteiger partial charge in [0.25, 0.3) is 0 Å². The van der Waals surface area contributed by atoms with E-state index in [4.69, 9.17) is 0 Å². The molecule has 0 amide bonds. The van der Waals surface area contributed by atoms with E-state index in [9.17, 15) is 13.2 Å². The molecule has 0 aliphatic heterocycles. The van der Waals surface area contributed by atoms with Gasteiger partial charge in [-0.3, -0.25) is 0 Å². The average molecular weight is 282 g/mol. The van der Waals surface area contributed by atoms with Crippen molar-refractivity contribution in [2.75, 3.05) is 0 Å². The van der Waals surface area contributed by atoms with Crippen LogP contribution >= 0.6 is 0 Å². The Labute approximate surface area is 118 Å². The zero-order valence-corrected chi connectivity index (χ0v) is 11.7. The minimum absolute atomic E-state index is 0.202.